The van der Waals surface area contributed by atoms with Crippen molar-refractivity contribution in [2.24, 2.45) is 14.1 Å². The van der Waals surface area contributed by atoms with Crippen molar-refractivity contribution in [1.29, 1.82) is 0 Å². The van der Waals surface area contributed by atoms with Crippen LogP contribution in [0.3, 0.4) is 0 Å². The summed E-state index contributed by atoms with van der Waals surface area (Å²) in [6.45, 7) is 0. The third kappa shape index (κ3) is 9.86. The van der Waals surface area contributed by atoms with E-state index in [2.05, 4.69) is 45.2 Å². The quantitative estimate of drug-likeness (QED) is 0.0907. The smallest absolute Gasteiger partial charge is 0.242 e. The Labute approximate surface area is 380 Å². The summed E-state index contributed by atoms with van der Waals surface area (Å²) in [6, 6.07) is 54.0. The molecule has 0 unspecified atom stereocenters. The van der Waals surface area contributed by atoms with E-state index in [0.29, 0.717) is 5.69 Å². The van der Waals surface area contributed by atoms with Crippen LogP contribution in [-0.4, -0.2) is 24.4 Å². The van der Waals surface area contributed by atoms with Gasteiger partial charge < -0.3 is 28.5 Å². The van der Waals surface area contributed by atoms with E-state index in [0.717, 1.165) is 75.0 Å². The topological polar surface area (TPSA) is 70.4 Å². The molecule has 0 spiro atoms. The van der Waals surface area contributed by atoms with Crippen molar-refractivity contribution in [1.82, 2.24) is 29.5 Å². The molecular weight excluding hydrogens is 993 g/mol. The van der Waals surface area contributed by atoms with Gasteiger partial charge in [0.15, 0.2) is 0 Å². The van der Waals surface area contributed by atoms with Gasteiger partial charge in [-0.1, -0.05) is 134 Å². The number of hydrogen-bond acceptors (Lipinski definition) is 3. The third-order valence-corrected chi connectivity index (χ3v) is 9.69. The van der Waals surface area contributed by atoms with Crippen molar-refractivity contribution < 1.29 is 46.8 Å². The molecule has 1 radical (unpaired) electrons. The number of pyridine rings is 1. The molecular formula is C51H35F4IrN8-3. The van der Waals surface area contributed by atoms with E-state index in [1.165, 1.54) is 0 Å². The molecule has 0 amide bonds. The van der Waals surface area contributed by atoms with Crippen LogP contribution < -0.4 is 14.2 Å². The summed E-state index contributed by atoms with van der Waals surface area (Å²) in [5, 5.41) is 10.8. The average molecular weight is 1030 g/mol. The number of nitrogens with zero attached hydrogens (tertiary/aromatic N) is 8. The first-order chi connectivity index (χ1) is 30.8. The summed E-state index contributed by atoms with van der Waals surface area (Å²) in [4.78, 5) is 4.08. The molecule has 0 fully saturated rings. The van der Waals surface area contributed by atoms with E-state index in [9.17, 15) is 17.6 Å². The second-order valence-electron chi connectivity index (χ2n) is 13.9. The normalized spacial score (nSPS) is 10.5. The van der Waals surface area contributed by atoms with Crippen LogP contribution >= 0.6 is 0 Å². The molecule has 4 aromatic heterocycles. The van der Waals surface area contributed by atoms with Crippen LogP contribution in [0, 0.1) is 48.1 Å². The summed E-state index contributed by atoms with van der Waals surface area (Å²) >= 11 is 0. The van der Waals surface area contributed by atoms with E-state index in [4.69, 9.17) is 0 Å². The first-order valence-electron chi connectivity index (χ1n) is 19.5. The van der Waals surface area contributed by atoms with Gasteiger partial charge in [-0.05, 0) is 51.5 Å². The molecule has 0 aliphatic heterocycles. The fourth-order valence-electron chi connectivity index (χ4n) is 6.96. The Morgan fingerprint density at radius 1 is 0.531 bits per heavy atom. The van der Waals surface area contributed by atoms with Gasteiger partial charge in [0.05, 0.1) is 42.6 Å². The predicted molar refractivity (Wildman–Crippen MR) is 229 cm³/mol. The molecule has 0 aliphatic rings. The molecule has 10 rings (SSSR count). The van der Waals surface area contributed by atoms with Crippen molar-refractivity contribution in [3.63, 3.8) is 0 Å². The maximum atomic E-state index is 14.5. The SMILES string of the molecule is C[n+]1[c-]n(-c2[c-]cc(F)cc2F)c(-c2ccccc2)c1-c1ccccc1.C[n+]1[c-]n(-c2[c-]cc(F)cc2F)c(-c2ccccc2)c1-c1ccccc1.[Ir].c1ccc(-c2cnn[n-]2)nc1. The Hall–Kier alpha value is -7.60. The first-order valence-corrected chi connectivity index (χ1v) is 19.5. The maximum Gasteiger partial charge on any atom is 0.242 e. The summed E-state index contributed by atoms with van der Waals surface area (Å²) in [6.07, 6.45) is 9.55. The zero-order chi connectivity index (χ0) is 43.7. The fraction of sp³-hybridized carbons (Fsp3) is 0.0392. The summed E-state index contributed by atoms with van der Waals surface area (Å²) in [5.41, 5.74) is 8.83. The van der Waals surface area contributed by atoms with Crippen molar-refractivity contribution in [3.05, 3.63) is 224 Å². The van der Waals surface area contributed by atoms with Gasteiger partial charge >= 0.3 is 0 Å². The monoisotopic (exact) mass is 1030 g/mol. The molecule has 0 atom stereocenters. The summed E-state index contributed by atoms with van der Waals surface area (Å²) in [5.74, 6) is -2.69. The van der Waals surface area contributed by atoms with Gasteiger partial charge in [0.1, 0.15) is 0 Å². The van der Waals surface area contributed by atoms with Gasteiger partial charge in [-0.3, -0.25) is 27.8 Å². The van der Waals surface area contributed by atoms with Crippen LogP contribution in [0.4, 0.5) is 17.6 Å². The van der Waals surface area contributed by atoms with Crippen LogP contribution in [0.15, 0.2) is 176 Å². The van der Waals surface area contributed by atoms with Crippen LogP contribution in [0.25, 0.3) is 67.8 Å². The minimum atomic E-state index is -0.686. The second-order valence-corrected chi connectivity index (χ2v) is 13.9. The van der Waals surface area contributed by atoms with Crippen molar-refractivity contribution >= 4 is 0 Å². The largest absolute Gasteiger partial charge is 0.358 e. The molecule has 13 heteroatoms. The van der Waals surface area contributed by atoms with E-state index < -0.39 is 23.3 Å². The molecule has 4 heterocycles. The molecule has 6 aromatic carbocycles. The number of hydrogen-bond donors (Lipinski definition) is 0. The number of benzene rings is 6. The minimum absolute atomic E-state index is 0. The molecule has 319 valence electrons. The van der Waals surface area contributed by atoms with Gasteiger partial charge in [0.25, 0.3) is 0 Å². The van der Waals surface area contributed by atoms with Crippen molar-refractivity contribution in [3.8, 4) is 67.8 Å². The summed E-state index contributed by atoms with van der Waals surface area (Å²) < 4.78 is 62.4. The van der Waals surface area contributed by atoms with Crippen LogP contribution in [-0.2, 0) is 34.2 Å². The van der Waals surface area contributed by atoms with Gasteiger partial charge in [-0.15, -0.1) is 24.3 Å². The van der Waals surface area contributed by atoms with E-state index in [1.54, 1.807) is 21.5 Å². The average Bonchev–Trinajstić information content (AvgIpc) is 4.06. The number of aromatic nitrogens is 8. The van der Waals surface area contributed by atoms with E-state index >= 15 is 0 Å². The third-order valence-electron chi connectivity index (χ3n) is 9.69. The number of halogens is 4. The Morgan fingerprint density at radius 3 is 1.30 bits per heavy atom. The van der Waals surface area contributed by atoms with Crippen LogP contribution in [0.1, 0.15) is 0 Å². The molecule has 0 aliphatic carbocycles. The predicted octanol–water partition coefficient (Wildman–Crippen LogP) is 9.52. The number of imidazole rings is 2. The molecule has 0 saturated heterocycles. The summed E-state index contributed by atoms with van der Waals surface area (Å²) in [7, 11) is 3.71. The molecule has 64 heavy (non-hydrogen) atoms. The fourth-order valence-corrected chi connectivity index (χ4v) is 6.96. The zero-order valence-corrected chi connectivity index (χ0v) is 36.6. The Bertz CT molecular complexity index is 2880. The van der Waals surface area contributed by atoms with Crippen molar-refractivity contribution in [2.75, 3.05) is 0 Å². The Kier molecular flexibility index (Phi) is 14.2. The van der Waals surface area contributed by atoms with Gasteiger partial charge in [-0.2, -0.15) is 12.1 Å². The Morgan fingerprint density at radius 2 is 0.938 bits per heavy atom. The second kappa shape index (κ2) is 20.5. The standard InChI is InChI=1S/2C22H15F2N2.C7H5N4.Ir/c2*1-25-15-26(20-13-12-18(23)14-19(20)24)22(17-10-6-3-7-11-17)21(25)16-8-4-2-5-9-16;1-2-4-8-6(3-1)7-5-9-11-10-7;/h2*2-12,14H,1H3;1-5H;/q3*-1;. The van der Waals surface area contributed by atoms with Crippen LogP contribution in [0.2, 0.25) is 0 Å². The van der Waals surface area contributed by atoms with Crippen molar-refractivity contribution in [2.45, 2.75) is 0 Å². The molecule has 10 aromatic rings. The Balaban J connectivity index is 0.000000153. The molecule has 8 nitrogen and oxygen atoms in total. The molecule has 0 saturated carbocycles. The maximum absolute atomic E-state index is 14.5. The molecule has 0 N–H and O–H groups in total. The minimum Gasteiger partial charge on any atom is -0.358 e. The zero-order valence-electron chi connectivity index (χ0n) is 34.2. The van der Waals surface area contributed by atoms with Gasteiger partial charge in [0, 0.05) is 49.6 Å². The van der Waals surface area contributed by atoms with E-state index in [1.807, 2.05) is 163 Å². The van der Waals surface area contributed by atoms with Gasteiger partial charge in [0.2, 0.25) is 12.7 Å². The van der Waals surface area contributed by atoms with Gasteiger partial charge in [-0.25, -0.2) is 0 Å². The van der Waals surface area contributed by atoms with Crippen LogP contribution in [0.5, 0.6) is 0 Å². The molecule has 0 bridgehead atoms. The number of aryl methyl sites for hydroxylation is 2. The van der Waals surface area contributed by atoms with E-state index in [-0.39, 0.29) is 31.5 Å². The number of rotatable bonds is 7. The first kappa shape index (κ1) is 44.5.